The molecule has 0 atom stereocenters. The predicted octanol–water partition coefficient (Wildman–Crippen LogP) is 4.37. The van der Waals surface area contributed by atoms with Crippen LogP contribution in [0.2, 0.25) is 0 Å². The molecule has 6 rings (SSSR count). The molecule has 0 unspecified atom stereocenters. The fourth-order valence-electron chi connectivity index (χ4n) is 4.98. The zero-order chi connectivity index (χ0) is 26.8. The van der Waals surface area contributed by atoms with Crippen molar-refractivity contribution in [3.8, 4) is 23.0 Å². The van der Waals surface area contributed by atoms with E-state index in [4.69, 9.17) is 9.84 Å². The summed E-state index contributed by atoms with van der Waals surface area (Å²) in [4.78, 5) is 18.4. The molecule has 0 N–H and O–H groups in total. The second-order valence-corrected chi connectivity index (χ2v) is 9.55. The van der Waals surface area contributed by atoms with Gasteiger partial charge in [0.05, 0.1) is 36.3 Å². The van der Waals surface area contributed by atoms with Gasteiger partial charge in [0.2, 0.25) is 11.8 Å². The van der Waals surface area contributed by atoms with E-state index in [0.717, 1.165) is 46.3 Å². The minimum atomic E-state index is -4.63. The molecule has 38 heavy (non-hydrogen) atoms. The maximum Gasteiger partial charge on any atom is 0.434 e. The smallest absolute Gasteiger partial charge is 0.434 e. The third-order valence-electron chi connectivity index (χ3n) is 7.02. The average Bonchev–Trinajstić information content (AvgIpc) is 3.59. The number of hydrogen-bond acceptors (Lipinski definition) is 7. The van der Waals surface area contributed by atoms with Crippen LogP contribution < -0.4 is 9.64 Å². The molecule has 13 heteroatoms. The normalized spacial score (nSPS) is 15.6. The largest absolute Gasteiger partial charge is 0.479 e. The number of imidazole rings is 1. The van der Waals surface area contributed by atoms with Gasteiger partial charge in [-0.15, -0.1) is 0 Å². The van der Waals surface area contributed by atoms with Crippen molar-refractivity contribution in [3.05, 3.63) is 58.9 Å². The van der Waals surface area contributed by atoms with Gasteiger partial charge in [-0.1, -0.05) is 0 Å². The highest BCUT2D eigenvalue weighted by Gasteiger charge is 2.36. The van der Waals surface area contributed by atoms with Crippen molar-refractivity contribution in [2.45, 2.75) is 44.8 Å². The minimum absolute atomic E-state index is 0.106. The molecule has 2 aliphatic rings. The van der Waals surface area contributed by atoms with Crippen molar-refractivity contribution in [3.63, 3.8) is 0 Å². The lowest BCUT2D eigenvalue weighted by molar-refractivity contribution is -0.140. The quantitative estimate of drug-likeness (QED) is 0.281. The van der Waals surface area contributed by atoms with Gasteiger partial charge in [0, 0.05) is 31.3 Å². The lowest BCUT2D eigenvalue weighted by Gasteiger charge is -2.29. The molecule has 4 aromatic heterocycles. The van der Waals surface area contributed by atoms with E-state index in [-0.39, 0.29) is 11.4 Å². The Bertz CT molecular complexity index is 1540. The molecule has 0 amide bonds. The maximum atomic E-state index is 15.1. The molecule has 198 valence electrons. The van der Waals surface area contributed by atoms with Crippen molar-refractivity contribution in [1.82, 2.24) is 34.3 Å². The van der Waals surface area contributed by atoms with Gasteiger partial charge in [-0.2, -0.15) is 27.6 Å². The number of alkyl halides is 3. The molecule has 1 aliphatic carbocycles. The number of anilines is 1. The molecule has 1 fully saturated rings. The van der Waals surface area contributed by atoms with E-state index < -0.39 is 17.8 Å². The first-order valence-electron chi connectivity index (χ1n) is 12.1. The summed E-state index contributed by atoms with van der Waals surface area (Å²) in [5, 5.41) is 4.81. The van der Waals surface area contributed by atoms with Crippen LogP contribution in [0.1, 0.15) is 47.1 Å². The number of nitrogens with zero attached hydrogens (tertiary/aromatic N) is 8. The highest BCUT2D eigenvalue weighted by molar-refractivity contribution is 5.59. The van der Waals surface area contributed by atoms with Gasteiger partial charge in [-0.3, -0.25) is 0 Å². The molecule has 1 aliphatic heterocycles. The minimum Gasteiger partial charge on any atom is -0.479 e. The monoisotopic (exact) mass is 528 g/mol. The van der Waals surface area contributed by atoms with Crippen LogP contribution in [0.4, 0.5) is 23.4 Å². The summed E-state index contributed by atoms with van der Waals surface area (Å²) in [6, 6.07) is 3.01. The number of hydrogen-bond donors (Lipinski definition) is 0. The van der Waals surface area contributed by atoms with Crippen LogP contribution in [-0.4, -0.2) is 47.9 Å². The topological polar surface area (TPSA) is 86.8 Å². The first kappa shape index (κ1) is 24.3. The summed E-state index contributed by atoms with van der Waals surface area (Å²) in [5.74, 6) is 0.0910. The highest BCUT2D eigenvalue weighted by atomic mass is 19.4. The van der Waals surface area contributed by atoms with Crippen molar-refractivity contribution >= 4 is 5.82 Å². The van der Waals surface area contributed by atoms with E-state index in [0.29, 0.717) is 42.8 Å². The van der Waals surface area contributed by atoms with E-state index in [2.05, 4.69) is 19.9 Å². The summed E-state index contributed by atoms with van der Waals surface area (Å²) >= 11 is 0. The SMILES string of the molecule is COc1ncnc(C2CC2)c1-n1nc(C)c2c1CN(c1ccc(-c3nc(C(F)(F)F)cn3C)c(F)n1)CC2. The Kier molecular flexibility index (Phi) is 5.61. The number of ether oxygens (including phenoxy) is 1. The van der Waals surface area contributed by atoms with Crippen LogP contribution in [0.3, 0.4) is 0 Å². The third kappa shape index (κ3) is 4.05. The number of halogens is 4. The van der Waals surface area contributed by atoms with E-state index >= 15 is 4.39 Å². The van der Waals surface area contributed by atoms with Gasteiger partial charge in [-0.25, -0.2) is 19.6 Å². The molecule has 5 heterocycles. The van der Waals surface area contributed by atoms with E-state index in [9.17, 15) is 13.2 Å². The summed E-state index contributed by atoms with van der Waals surface area (Å²) in [6.07, 6.45) is 0.442. The number of aromatic nitrogens is 7. The standard InChI is InChI=1S/C25H24F4N8O/c1-13-15-8-9-36(10-17(15)37(34-13)21-20(14-4-5-14)30-12-31-24(21)38-3)19-7-6-16(22(26)33-19)23-32-18(11-35(23)2)25(27,28)29/h6-7,11-12,14H,4-5,8-10H2,1-3H3. The fourth-order valence-corrected chi connectivity index (χ4v) is 4.98. The summed E-state index contributed by atoms with van der Waals surface area (Å²) in [6.45, 7) is 2.92. The van der Waals surface area contributed by atoms with Gasteiger partial charge >= 0.3 is 6.18 Å². The zero-order valence-electron chi connectivity index (χ0n) is 20.9. The van der Waals surface area contributed by atoms with Crippen LogP contribution in [0.15, 0.2) is 24.7 Å². The number of fused-ring (bicyclic) bond motifs is 1. The second kappa shape index (κ2) is 8.77. The predicted molar refractivity (Wildman–Crippen MR) is 129 cm³/mol. The summed E-state index contributed by atoms with van der Waals surface area (Å²) in [7, 11) is 2.95. The van der Waals surface area contributed by atoms with Crippen LogP contribution in [0.25, 0.3) is 17.1 Å². The molecular formula is C25H24F4N8O. The first-order valence-corrected chi connectivity index (χ1v) is 12.1. The first-order chi connectivity index (χ1) is 18.2. The molecule has 0 spiro atoms. The van der Waals surface area contributed by atoms with Gasteiger partial charge in [0.1, 0.15) is 23.7 Å². The summed E-state index contributed by atoms with van der Waals surface area (Å²) < 4.78 is 63.0. The maximum absolute atomic E-state index is 15.1. The lowest BCUT2D eigenvalue weighted by Crippen LogP contribution is -2.32. The second-order valence-electron chi connectivity index (χ2n) is 9.55. The van der Waals surface area contributed by atoms with Crippen molar-refractivity contribution in [2.75, 3.05) is 18.6 Å². The average molecular weight is 529 g/mol. The molecule has 0 bridgehead atoms. The number of methoxy groups -OCH3 is 1. The van der Waals surface area contributed by atoms with E-state index in [1.807, 2.05) is 16.5 Å². The van der Waals surface area contributed by atoms with Gasteiger partial charge in [-0.05, 0) is 38.3 Å². The fraction of sp³-hybridized carbons (Fsp3) is 0.400. The Labute approximate surface area is 215 Å². The van der Waals surface area contributed by atoms with Crippen molar-refractivity contribution in [1.29, 1.82) is 0 Å². The lowest BCUT2D eigenvalue weighted by atomic mass is 10.0. The third-order valence-corrected chi connectivity index (χ3v) is 7.02. The van der Waals surface area contributed by atoms with Crippen LogP contribution in [0.5, 0.6) is 5.88 Å². The van der Waals surface area contributed by atoms with Gasteiger partial charge < -0.3 is 14.2 Å². The molecule has 9 nitrogen and oxygen atoms in total. The molecule has 1 saturated carbocycles. The van der Waals surface area contributed by atoms with E-state index in [1.54, 1.807) is 13.2 Å². The molecule has 4 aromatic rings. The van der Waals surface area contributed by atoms with Crippen LogP contribution in [-0.2, 0) is 26.2 Å². The molecule has 0 saturated heterocycles. The Hall–Kier alpha value is -4.03. The van der Waals surface area contributed by atoms with Gasteiger partial charge in [0.25, 0.3) is 0 Å². The number of pyridine rings is 1. The van der Waals surface area contributed by atoms with Crippen molar-refractivity contribution in [2.24, 2.45) is 7.05 Å². The Morgan fingerprint density at radius 1 is 1.11 bits per heavy atom. The molecule has 0 aromatic carbocycles. The number of rotatable bonds is 5. The Morgan fingerprint density at radius 2 is 1.89 bits per heavy atom. The van der Waals surface area contributed by atoms with Crippen LogP contribution >= 0.6 is 0 Å². The molecule has 0 radical (unpaired) electrons. The highest BCUT2D eigenvalue weighted by Crippen LogP contribution is 2.44. The van der Waals surface area contributed by atoms with Crippen molar-refractivity contribution < 1.29 is 22.3 Å². The van der Waals surface area contributed by atoms with E-state index in [1.165, 1.54) is 19.4 Å². The van der Waals surface area contributed by atoms with Crippen LogP contribution in [0, 0.1) is 12.9 Å². The van der Waals surface area contributed by atoms with Gasteiger partial charge in [0.15, 0.2) is 5.69 Å². The summed E-state index contributed by atoms with van der Waals surface area (Å²) in [5.41, 5.74) is 3.31. The zero-order valence-corrected chi connectivity index (χ0v) is 20.9. The molecular weight excluding hydrogens is 504 g/mol. The Morgan fingerprint density at radius 3 is 2.55 bits per heavy atom. The Balaban J connectivity index is 1.35. The number of aryl methyl sites for hydroxylation is 2.